The van der Waals surface area contributed by atoms with Crippen LogP contribution < -0.4 is 5.32 Å². The number of carbonyl (C=O) groups excluding carboxylic acids is 2. The predicted octanol–water partition coefficient (Wildman–Crippen LogP) is 4.18. The van der Waals surface area contributed by atoms with Crippen LogP contribution >= 0.6 is 24.0 Å². The molecule has 0 spiro atoms. The average molecular weight is 465 g/mol. The second-order valence-corrected chi connectivity index (χ2v) is 9.02. The molecule has 0 unspecified atom stereocenters. The lowest BCUT2D eigenvalue weighted by molar-refractivity contribution is -0.137. The zero-order valence-corrected chi connectivity index (χ0v) is 18.7. The molecule has 2 amide bonds. The molecule has 6 nitrogen and oxygen atoms in total. The number of aliphatic carboxylic acids is 1. The molecule has 3 aromatic carbocycles. The van der Waals surface area contributed by atoms with Crippen molar-refractivity contribution in [2.45, 2.75) is 12.8 Å². The van der Waals surface area contributed by atoms with E-state index in [-0.39, 0.29) is 18.2 Å². The van der Waals surface area contributed by atoms with Crippen LogP contribution in [-0.2, 0) is 14.4 Å². The van der Waals surface area contributed by atoms with Crippen LogP contribution in [0.2, 0.25) is 0 Å². The summed E-state index contributed by atoms with van der Waals surface area (Å²) in [5, 5.41) is 15.3. The number of carboxylic acids is 1. The fourth-order valence-corrected chi connectivity index (χ4v) is 4.98. The first kappa shape index (κ1) is 22.0. The number of thioether (sulfide) groups is 1. The Morgan fingerprint density at radius 1 is 1.06 bits per heavy atom. The minimum absolute atomic E-state index is 0.122. The van der Waals surface area contributed by atoms with Gasteiger partial charge in [0, 0.05) is 13.0 Å². The van der Waals surface area contributed by atoms with Gasteiger partial charge in [0.15, 0.2) is 0 Å². The van der Waals surface area contributed by atoms with Crippen LogP contribution in [-0.4, -0.2) is 45.2 Å². The fraction of sp³-hybridized carbons (Fsp3) is 0.167. The maximum Gasteiger partial charge on any atom is 0.322 e. The Morgan fingerprint density at radius 3 is 2.31 bits per heavy atom. The number of hydrogen-bond donors (Lipinski definition) is 2. The molecule has 0 atom stereocenters. The minimum Gasteiger partial charge on any atom is -0.480 e. The van der Waals surface area contributed by atoms with Crippen LogP contribution in [0.3, 0.4) is 0 Å². The summed E-state index contributed by atoms with van der Waals surface area (Å²) in [4.78, 5) is 37.3. The molecular weight excluding hydrogens is 444 g/mol. The summed E-state index contributed by atoms with van der Waals surface area (Å²) in [7, 11) is 0. The molecule has 1 aliphatic heterocycles. The van der Waals surface area contributed by atoms with Crippen molar-refractivity contribution in [3.63, 3.8) is 0 Å². The van der Waals surface area contributed by atoms with Gasteiger partial charge in [-0.1, -0.05) is 72.5 Å². The monoisotopic (exact) mass is 464 g/mol. The lowest BCUT2D eigenvalue weighted by atomic mass is 9.96. The minimum atomic E-state index is -1.10. The van der Waals surface area contributed by atoms with E-state index in [1.165, 1.54) is 16.7 Å². The van der Waals surface area contributed by atoms with Gasteiger partial charge in [-0.2, -0.15) is 0 Å². The van der Waals surface area contributed by atoms with Crippen molar-refractivity contribution in [1.29, 1.82) is 0 Å². The maximum absolute atomic E-state index is 13.1. The zero-order chi connectivity index (χ0) is 22.7. The van der Waals surface area contributed by atoms with Gasteiger partial charge in [-0.3, -0.25) is 19.3 Å². The summed E-state index contributed by atoms with van der Waals surface area (Å²) in [5.74, 6) is -1.64. The average Bonchev–Trinajstić information content (AvgIpc) is 3.05. The summed E-state index contributed by atoms with van der Waals surface area (Å²) in [6, 6.07) is 18.3. The number of thiocarbonyl (C=S) groups is 1. The molecule has 1 saturated heterocycles. The molecule has 0 radical (unpaired) electrons. The number of rotatable bonds is 7. The third-order valence-electron chi connectivity index (χ3n) is 5.18. The lowest BCUT2D eigenvalue weighted by Gasteiger charge is -2.14. The SMILES string of the molecule is O=C(O)CNC(=O)CCCN1C(=O)/C(=C/c2c3ccccc3cc3ccccc23)SC1=S. The zero-order valence-electron chi connectivity index (χ0n) is 17.0. The molecule has 0 aromatic heterocycles. The predicted molar refractivity (Wildman–Crippen MR) is 131 cm³/mol. The molecule has 0 bridgehead atoms. The molecule has 8 heteroatoms. The van der Waals surface area contributed by atoms with Gasteiger partial charge in [-0.25, -0.2) is 0 Å². The van der Waals surface area contributed by atoms with Gasteiger partial charge in [0.25, 0.3) is 5.91 Å². The molecule has 162 valence electrons. The summed E-state index contributed by atoms with van der Waals surface area (Å²) in [6.07, 6.45) is 2.42. The Labute approximate surface area is 194 Å². The number of nitrogens with zero attached hydrogens (tertiary/aromatic N) is 1. The first-order valence-corrected chi connectivity index (χ1v) is 11.3. The van der Waals surface area contributed by atoms with Crippen LogP contribution in [0.5, 0.6) is 0 Å². The summed E-state index contributed by atoms with van der Waals surface area (Å²) in [6.45, 7) is -0.111. The number of benzene rings is 3. The molecule has 1 heterocycles. The van der Waals surface area contributed by atoms with E-state index in [9.17, 15) is 14.4 Å². The van der Waals surface area contributed by atoms with Gasteiger partial charge in [-0.05, 0) is 45.7 Å². The molecule has 32 heavy (non-hydrogen) atoms. The summed E-state index contributed by atoms with van der Waals surface area (Å²) in [5.41, 5.74) is 0.979. The number of hydrogen-bond acceptors (Lipinski definition) is 5. The number of carbonyl (C=O) groups is 3. The normalized spacial score (nSPS) is 15.1. The largest absolute Gasteiger partial charge is 0.480 e. The van der Waals surface area contributed by atoms with Crippen LogP contribution in [0.15, 0.2) is 59.5 Å². The van der Waals surface area contributed by atoms with Gasteiger partial charge in [0.1, 0.15) is 10.9 Å². The Hall–Kier alpha value is -3.23. The first-order chi connectivity index (χ1) is 15.4. The van der Waals surface area contributed by atoms with Gasteiger partial charge in [0.05, 0.1) is 4.91 Å². The molecule has 1 aliphatic rings. The van der Waals surface area contributed by atoms with Crippen molar-refractivity contribution < 1.29 is 19.5 Å². The summed E-state index contributed by atoms with van der Waals surface area (Å²) < 4.78 is 0.455. The molecule has 4 rings (SSSR count). The van der Waals surface area contributed by atoms with E-state index in [1.54, 1.807) is 0 Å². The van der Waals surface area contributed by atoms with E-state index in [2.05, 4.69) is 23.5 Å². The fourth-order valence-electron chi connectivity index (χ4n) is 3.69. The van der Waals surface area contributed by atoms with Crippen LogP contribution in [0, 0.1) is 0 Å². The highest BCUT2D eigenvalue weighted by atomic mass is 32.2. The molecule has 3 aromatic rings. The van der Waals surface area contributed by atoms with Crippen LogP contribution in [0.4, 0.5) is 0 Å². The smallest absolute Gasteiger partial charge is 0.322 e. The highest BCUT2D eigenvalue weighted by Gasteiger charge is 2.32. The topological polar surface area (TPSA) is 86.7 Å². The highest BCUT2D eigenvalue weighted by molar-refractivity contribution is 8.26. The molecular formula is C24H20N2O4S2. The third kappa shape index (κ3) is 4.66. The number of fused-ring (bicyclic) bond motifs is 2. The number of amides is 2. The summed E-state index contributed by atoms with van der Waals surface area (Å²) >= 11 is 6.67. The van der Waals surface area contributed by atoms with E-state index in [0.29, 0.717) is 22.2 Å². The van der Waals surface area contributed by atoms with E-state index in [0.717, 1.165) is 27.1 Å². The Kier molecular flexibility index (Phi) is 6.53. The Balaban J connectivity index is 1.56. The van der Waals surface area contributed by atoms with E-state index < -0.39 is 12.5 Å². The molecule has 0 saturated carbocycles. The van der Waals surface area contributed by atoms with Crippen molar-refractivity contribution in [1.82, 2.24) is 10.2 Å². The van der Waals surface area contributed by atoms with Crippen molar-refractivity contribution in [3.05, 3.63) is 65.1 Å². The van der Waals surface area contributed by atoms with Gasteiger partial charge < -0.3 is 10.4 Å². The molecule has 2 N–H and O–H groups in total. The lowest BCUT2D eigenvalue weighted by Crippen LogP contribution is -2.32. The van der Waals surface area contributed by atoms with Crippen molar-refractivity contribution in [3.8, 4) is 0 Å². The maximum atomic E-state index is 13.1. The van der Waals surface area contributed by atoms with Gasteiger partial charge in [-0.15, -0.1) is 0 Å². The highest BCUT2D eigenvalue weighted by Crippen LogP contribution is 2.36. The standard InChI is InChI=1S/C24H20N2O4S2/c27-21(25-14-22(28)29)10-5-11-26-23(30)20(32-24(26)31)13-19-17-8-3-1-6-15(17)12-16-7-2-4-9-18(16)19/h1-4,6-9,12-13H,5,10-11,14H2,(H,25,27)(H,28,29)/b20-13-. The second kappa shape index (κ2) is 9.50. The van der Waals surface area contributed by atoms with Crippen molar-refractivity contribution in [2.75, 3.05) is 13.1 Å². The molecule has 1 fully saturated rings. The quantitative estimate of drug-likeness (QED) is 0.310. The van der Waals surface area contributed by atoms with Crippen molar-refractivity contribution >= 4 is 73.7 Å². The third-order valence-corrected chi connectivity index (χ3v) is 6.56. The number of carboxylic acid groups (broad SMARTS) is 1. The van der Waals surface area contributed by atoms with Crippen molar-refractivity contribution in [2.24, 2.45) is 0 Å². The van der Waals surface area contributed by atoms with Crippen LogP contribution in [0.25, 0.3) is 27.6 Å². The molecule has 0 aliphatic carbocycles. The van der Waals surface area contributed by atoms with E-state index in [1.807, 2.05) is 42.5 Å². The van der Waals surface area contributed by atoms with Gasteiger partial charge in [0.2, 0.25) is 5.91 Å². The number of nitrogens with one attached hydrogen (secondary N) is 1. The van der Waals surface area contributed by atoms with Crippen LogP contribution in [0.1, 0.15) is 18.4 Å². The van der Waals surface area contributed by atoms with E-state index >= 15 is 0 Å². The Bertz CT molecular complexity index is 1230. The van der Waals surface area contributed by atoms with Gasteiger partial charge >= 0.3 is 5.97 Å². The van der Waals surface area contributed by atoms with E-state index in [4.69, 9.17) is 17.3 Å². The second-order valence-electron chi connectivity index (χ2n) is 7.34. The first-order valence-electron chi connectivity index (χ1n) is 10.1. The Morgan fingerprint density at radius 2 is 1.69 bits per heavy atom.